The number of carbonyl (C=O) groups is 1. The van der Waals surface area contributed by atoms with Crippen LogP contribution in [0.5, 0.6) is 6.01 Å². The molecule has 40 heavy (non-hydrogen) atoms. The number of fused-ring (bicyclic) bond motifs is 1. The lowest BCUT2D eigenvalue weighted by Crippen LogP contribution is -2.55. The number of nitrogens with zero attached hydrogens (tertiary/aromatic N) is 7. The first-order valence-corrected chi connectivity index (χ1v) is 14.5. The number of ether oxygens (including phenoxy) is 1. The van der Waals surface area contributed by atoms with Gasteiger partial charge in [-0.3, -0.25) is 4.79 Å². The van der Waals surface area contributed by atoms with E-state index in [1.165, 1.54) is 23.2 Å². The molecule has 0 aliphatic carbocycles. The first-order chi connectivity index (χ1) is 19.4. The summed E-state index contributed by atoms with van der Waals surface area (Å²) in [5.41, 5.74) is 5.96. The fourth-order valence-corrected chi connectivity index (χ4v) is 6.22. The van der Waals surface area contributed by atoms with E-state index in [9.17, 15) is 10.1 Å². The molecular formula is C31H41N7O2. The van der Waals surface area contributed by atoms with Gasteiger partial charge in [0.2, 0.25) is 5.91 Å². The molecule has 2 atom stereocenters. The van der Waals surface area contributed by atoms with Crippen LogP contribution in [0, 0.1) is 25.2 Å². The Morgan fingerprint density at radius 1 is 1.15 bits per heavy atom. The molecule has 3 aliphatic rings. The molecule has 3 aliphatic heterocycles. The summed E-state index contributed by atoms with van der Waals surface area (Å²) in [5, 5.41) is 9.54. The van der Waals surface area contributed by atoms with Crippen LogP contribution in [0.4, 0.5) is 11.5 Å². The van der Waals surface area contributed by atoms with Crippen molar-refractivity contribution in [1.82, 2.24) is 19.8 Å². The number of hydrogen-bond acceptors (Lipinski definition) is 8. The van der Waals surface area contributed by atoms with Crippen molar-refractivity contribution in [3.8, 4) is 12.1 Å². The van der Waals surface area contributed by atoms with E-state index in [1.807, 2.05) is 11.8 Å². The minimum Gasteiger partial charge on any atom is -0.462 e. The first kappa shape index (κ1) is 27.9. The number of aromatic nitrogens is 2. The molecule has 0 spiro atoms. The van der Waals surface area contributed by atoms with Crippen molar-refractivity contribution in [3.63, 3.8) is 0 Å². The number of amides is 1. The number of hydrogen-bond donors (Lipinski definition) is 0. The minimum absolute atomic E-state index is 0.0408. The van der Waals surface area contributed by atoms with Crippen LogP contribution in [0.25, 0.3) is 0 Å². The monoisotopic (exact) mass is 543 g/mol. The molecular weight excluding hydrogens is 502 g/mol. The maximum atomic E-state index is 12.7. The first-order valence-electron chi connectivity index (χ1n) is 14.5. The number of carbonyl (C=O) groups excluding carboxylic acids is 1. The summed E-state index contributed by atoms with van der Waals surface area (Å²) in [6, 6.07) is 9.34. The van der Waals surface area contributed by atoms with E-state index >= 15 is 0 Å². The quantitative estimate of drug-likeness (QED) is 0.489. The molecule has 0 radical (unpaired) electrons. The van der Waals surface area contributed by atoms with Crippen molar-refractivity contribution in [3.05, 3.63) is 52.7 Å². The Labute approximate surface area is 238 Å². The molecule has 1 amide bonds. The molecule has 2 aromatic rings. The molecule has 9 nitrogen and oxygen atoms in total. The fourth-order valence-electron chi connectivity index (χ4n) is 6.22. The molecule has 0 unspecified atom stereocenters. The van der Waals surface area contributed by atoms with Crippen molar-refractivity contribution in [1.29, 1.82) is 5.26 Å². The van der Waals surface area contributed by atoms with E-state index in [1.54, 1.807) is 12.2 Å². The highest BCUT2D eigenvalue weighted by Crippen LogP contribution is 2.34. The van der Waals surface area contributed by atoms with Crippen molar-refractivity contribution < 1.29 is 9.53 Å². The van der Waals surface area contributed by atoms with Gasteiger partial charge in [0, 0.05) is 43.5 Å². The average Bonchev–Trinajstić information content (AvgIpc) is 3.37. The van der Waals surface area contributed by atoms with Crippen LogP contribution in [0.1, 0.15) is 48.6 Å². The number of rotatable bonds is 7. The zero-order valence-electron chi connectivity index (χ0n) is 24.3. The van der Waals surface area contributed by atoms with Crippen molar-refractivity contribution in [2.75, 3.05) is 56.2 Å². The third-order valence-electron chi connectivity index (χ3n) is 8.72. The van der Waals surface area contributed by atoms with Crippen LogP contribution in [0.3, 0.4) is 0 Å². The summed E-state index contributed by atoms with van der Waals surface area (Å²) in [4.78, 5) is 31.5. The Bertz CT molecular complexity index is 1300. The lowest BCUT2D eigenvalue weighted by atomic mass is 10.0. The number of aryl methyl sites for hydroxylation is 1. The van der Waals surface area contributed by atoms with Gasteiger partial charge in [0.25, 0.3) is 0 Å². The number of likely N-dealkylation sites (tertiary alicyclic amines) is 1. The highest BCUT2D eigenvalue weighted by Gasteiger charge is 2.33. The Morgan fingerprint density at radius 3 is 2.75 bits per heavy atom. The highest BCUT2D eigenvalue weighted by molar-refractivity contribution is 5.88. The van der Waals surface area contributed by atoms with Gasteiger partial charge in [0.1, 0.15) is 12.4 Å². The van der Waals surface area contributed by atoms with Gasteiger partial charge in [0.05, 0.1) is 30.8 Å². The highest BCUT2D eigenvalue weighted by atomic mass is 16.5. The predicted octanol–water partition coefficient (Wildman–Crippen LogP) is 3.64. The van der Waals surface area contributed by atoms with Gasteiger partial charge in [-0.25, -0.2) is 0 Å². The molecule has 212 valence electrons. The van der Waals surface area contributed by atoms with E-state index in [-0.39, 0.29) is 18.4 Å². The summed E-state index contributed by atoms with van der Waals surface area (Å²) < 4.78 is 6.27. The standard InChI is InChI=1S/C31H41N7O2/c1-5-8-29(39)38-18-17-37(19-24(38)12-14-32)30-26-13-16-36(28-11-6-9-22(2)23(28)3)20-27(26)33-31(34-30)40-21-25-10-7-15-35(25)4/h5-6,8-9,11,24-25H,7,10,12-13,15-21H2,1-4H3/b8-5-/t24-,25-/m0/s1. The number of anilines is 2. The summed E-state index contributed by atoms with van der Waals surface area (Å²) in [6.07, 6.45) is 6.75. The van der Waals surface area contributed by atoms with Crippen LogP contribution in [-0.4, -0.2) is 84.1 Å². The molecule has 0 N–H and O–H groups in total. The second-order valence-corrected chi connectivity index (χ2v) is 11.2. The number of nitriles is 1. The van der Waals surface area contributed by atoms with Crippen molar-refractivity contribution >= 4 is 17.4 Å². The SMILES string of the molecule is C/C=C\C(=O)N1CCN(c2nc(OC[C@@H]3CCCN3C)nc3c2CCN(c2cccc(C)c2C)C3)C[C@@H]1CC#N. The fraction of sp³-hybridized carbons (Fsp3) is 0.548. The van der Waals surface area contributed by atoms with E-state index < -0.39 is 0 Å². The number of piperazine rings is 1. The number of likely N-dealkylation sites (N-methyl/N-ethyl adjacent to an activating group) is 1. The average molecular weight is 544 g/mol. The molecule has 0 saturated carbocycles. The van der Waals surface area contributed by atoms with Gasteiger partial charge in [-0.15, -0.1) is 0 Å². The lowest BCUT2D eigenvalue weighted by Gasteiger charge is -2.42. The zero-order chi connectivity index (χ0) is 28.2. The van der Waals surface area contributed by atoms with E-state index in [0.717, 1.165) is 43.0 Å². The van der Waals surface area contributed by atoms with Crippen LogP contribution in [0.15, 0.2) is 30.4 Å². The normalized spacial score (nSPS) is 21.5. The van der Waals surface area contributed by atoms with Gasteiger partial charge >= 0.3 is 6.01 Å². The molecule has 0 bridgehead atoms. The van der Waals surface area contributed by atoms with E-state index in [4.69, 9.17) is 14.7 Å². The minimum atomic E-state index is -0.195. The van der Waals surface area contributed by atoms with E-state index in [2.05, 4.69) is 59.9 Å². The molecule has 1 aromatic carbocycles. The van der Waals surface area contributed by atoms with Crippen LogP contribution in [-0.2, 0) is 17.8 Å². The Kier molecular flexibility index (Phi) is 8.55. The summed E-state index contributed by atoms with van der Waals surface area (Å²) in [7, 11) is 2.14. The number of allylic oxidation sites excluding steroid dienone is 1. The molecule has 1 aromatic heterocycles. The topological polar surface area (TPSA) is 88.8 Å². The second kappa shape index (κ2) is 12.3. The van der Waals surface area contributed by atoms with Gasteiger partial charge in [-0.05, 0) is 76.9 Å². The molecule has 9 heteroatoms. The maximum Gasteiger partial charge on any atom is 0.318 e. The molecule has 4 heterocycles. The van der Waals surface area contributed by atoms with Crippen LogP contribution in [0.2, 0.25) is 0 Å². The summed E-state index contributed by atoms with van der Waals surface area (Å²) in [6.45, 7) is 11.2. The summed E-state index contributed by atoms with van der Waals surface area (Å²) in [5.74, 6) is 0.849. The second-order valence-electron chi connectivity index (χ2n) is 11.2. The van der Waals surface area contributed by atoms with Crippen molar-refractivity contribution in [2.24, 2.45) is 0 Å². The van der Waals surface area contributed by atoms with Gasteiger partial charge in [0.15, 0.2) is 0 Å². The predicted molar refractivity (Wildman–Crippen MR) is 157 cm³/mol. The Hall–Kier alpha value is -3.64. The lowest BCUT2D eigenvalue weighted by molar-refractivity contribution is -0.128. The summed E-state index contributed by atoms with van der Waals surface area (Å²) >= 11 is 0. The maximum absolute atomic E-state index is 12.7. The third-order valence-corrected chi connectivity index (χ3v) is 8.72. The van der Waals surface area contributed by atoms with Gasteiger partial charge < -0.3 is 24.3 Å². The Balaban J connectivity index is 1.45. The zero-order valence-corrected chi connectivity index (χ0v) is 24.3. The molecule has 2 saturated heterocycles. The molecule has 5 rings (SSSR count). The largest absolute Gasteiger partial charge is 0.462 e. The van der Waals surface area contributed by atoms with Crippen LogP contribution < -0.4 is 14.5 Å². The Morgan fingerprint density at radius 2 is 2.00 bits per heavy atom. The van der Waals surface area contributed by atoms with Crippen molar-refractivity contribution in [2.45, 2.75) is 65.1 Å². The third kappa shape index (κ3) is 5.78. The number of benzene rings is 1. The van der Waals surface area contributed by atoms with Gasteiger partial charge in [-0.2, -0.15) is 15.2 Å². The van der Waals surface area contributed by atoms with E-state index in [0.29, 0.717) is 44.8 Å². The molecule has 2 fully saturated rings. The van der Waals surface area contributed by atoms with Crippen LogP contribution >= 0.6 is 0 Å². The smallest absolute Gasteiger partial charge is 0.318 e. The van der Waals surface area contributed by atoms with Gasteiger partial charge in [-0.1, -0.05) is 18.2 Å².